The van der Waals surface area contributed by atoms with Crippen molar-refractivity contribution >= 4 is 11.4 Å². The highest BCUT2D eigenvalue weighted by Gasteiger charge is 2.36. The van der Waals surface area contributed by atoms with Gasteiger partial charge >= 0.3 is 0 Å². The molecule has 1 saturated heterocycles. The molecule has 3 N–H and O–H groups in total. The topological polar surface area (TPSA) is 72.5 Å². The number of hydrogen-bond donors (Lipinski definition) is 3. The fraction of sp³-hybridized carbons (Fsp3) is 0.619. The Hall–Kier alpha value is -2.06. The number of hydrogen-bond acceptors (Lipinski definition) is 3. The summed E-state index contributed by atoms with van der Waals surface area (Å²) in [5.41, 5.74) is 1.01. The largest absolute Gasteiger partial charge is 0.396 e. The maximum Gasteiger partial charge on any atom is 0.295 e. The van der Waals surface area contributed by atoms with Gasteiger partial charge in [-0.25, -0.2) is 13.8 Å². The molecule has 0 radical (unpaired) electrons. The Morgan fingerprint density at radius 3 is 2.62 bits per heavy atom. The number of imidazole rings is 1. The van der Waals surface area contributed by atoms with E-state index in [-0.39, 0.29) is 30.8 Å². The zero-order valence-corrected chi connectivity index (χ0v) is 16.6. The second kappa shape index (κ2) is 7.99. The van der Waals surface area contributed by atoms with E-state index in [2.05, 4.69) is 10.3 Å². The number of aliphatic hydroxyl groups is 1. The number of halogens is 2. The predicted octanol–water partition coefficient (Wildman–Crippen LogP) is 2.27. The minimum atomic E-state index is -2.57. The van der Waals surface area contributed by atoms with Crippen molar-refractivity contribution in [2.75, 3.05) is 26.2 Å². The molecule has 29 heavy (non-hydrogen) atoms. The van der Waals surface area contributed by atoms with Crippen LogP contribution in [0.5, 0.6) is 0 Å². The standard InChI is InChI=1S/C21H28F2N4O2/c22-21(23)8-11-26(12-9-21)13-17-25-18(16-5-1-4-10-27(16)17)19(29)24-14-20(15-28)6-2-3-7-20/h1,4-5,10,28H,2-3,6-9,11-15H2,(H,24,29)/p+1. The van der Waals surface area contributed by atoms with Crippen LogP contribution in [0.25, 0.3) is 5.52 Å². The fourth-order valence-corrected chi connectivity index (χ4v) is 4.56. The molecule has 1 aliphatic carbocycles. The number of rotatable bonds is 6. The van der Waals surface area contributed by atoms with Gasteiger partial charge in [0.15, 0.2) is 5.52 Å². The lowest BCUT2D eigenvalue weighted by Crippen LogP contribution is -2.40. The van der Waals surface area contributed by atoms with Crippen LogP contribution in [0.15, 0.2) is 24.4 Å². The second-order valence-electron chi connectivity index (χ2n) is 8.58. The SMILES string of the molecule is O=C(NCC1(CO)CCCC1)c1[nH]c(CN2CCC(F)(F)CC2)[n+]2ccccc12. The Balaban J connectivity index is 1.50. The van der Waals surface area contributed by atoms with Crippen molar-refractivity contribution in [1.29, 1.82) is 0 Å². The van der Waals surface area contributed by atoms with Crippen molar-refractivity contribution in [3.05, 3.63) is 35.9 Å². The molecule has 1 saturated carbocycles. The van der Waals surface area contributed by atoms with Crippen LogP contribution >= 0.6 is 0 Å². The van der Waals surface area contributed by atoms with E-state index in [9.17, 15) is 18.7 Å². The zero-order chi connectivity index (χ0) is 20.5. The van der Waals surface area contributed by atoms with E-state index in [1.54, 1.807) is 0 Å². The van der Waals surface area contributed by atoms with E-state index in [0.717, 1.165) is 37.0 Å². The van der Waals surface area contributed by atoms with Gasteiger partial charge in [0.25, 0.3) is 17.7 Å². The molecule has 0 atom stereocenters. The Labute approximate surface area is 168 Å². The maximum atomic E-state index is 13.4. The Morgan fingerprint density at radius 1 is 1.21 bits per heavy atom. The van der Waals surface area contributed by atoms with Gasteiger partial charge in [0.05, 0.1) is 12.8 Å². The van der Waals surface area contributed by atoms with E-state index >= 15 is 0 Å². The highest BCUT2D eigenvalue weighted by atomic mass is 19.3. The highest BCUT2D eigenvalue weighted by Crippen LogP contribution is 2.37. The van der Waals surface area contributed by atoms with Crippen LogP contribution in [0.4, 0.5) is 8.78 Å². The molecule has 0 aromatic carbocycles. The predicted molar refractivity (Wildman–Crippen MR) is 104 cm³/mol. The quantitative estimate of drug-likeness (QED) is 0.644. The Bertz CT molecular complexity index is 867. The number of aromatic amines is 1. The Kier molecular flexibility index (Phi) is 5.57. The average Bonchev–Trinajstić information content (AvgIpc) is 3.34. The summed E-state index contributed by atoms with van der Waals surface area (Å²) in [6.07, 6.45) is 5.62. The molecule has 3 heterocycles. The molecular formula is C21H29F2N4O2+. The highest BCUT2D eigenvalue weighted by molar-refractivity contribution is 5.97. The molecule has 2 aromatic rings. The van der Waals surface area contributed by atoms with Crippen molar-refractivity contribution in [1.82, 2.24) is 15.2 Å². The number of alkyl halides is 2. The van der Waals surface area contributed by atoms with Gasteiger partial charge in [0.2, 0.25) is 5.69 Å². The van der Waals surface area contributed by atoms with Crippen molar-refractivity contribution < 1.29 is 23.1 Å². The van der Waals surface area contributed by atoms with Crippen LogP contribution in [0, 0.1) is 5.41 Å². The number of carbonyl (C=O) groups excluding carboxylic acids is 1. The summed E-state index contributed by atoms with van der Waals surface area (Å²) in [4.78, 5) is 18.1. The molecule has 6 nitrogen and oxygen atoms in total. The Morgan fingerprint density at radius 2 is 1.93 bits per heavy atom. The van der Waals surface area contributed by atoms with Crippen molar-refractivity contribution in [3.63, 3.8) is 0 Å². The molecule has 2 fully saturated rings. The van der Waals surface area contributed by atoms with Gasteiger partial charge < -0.3 is 10.4 Å². The molecule has 2 aromatic heterocycles. The maximum absolute atomic E-state index is 13.4. The molecule has 0 bridgehead atoms. The van der Waals surface area contributed by atoms with E-state index in [4.69, 9.17) is 0 Å². The molecule has 158 valence electrons. The van der Waals surface area contributed by atoms with E-state index in [1.807, 2.05) is 33.7 Å². The normalized spacial score (nSPS) is 21.5. The van der Waals surface area contributed by atoms with Gasteiger partial charge in [-0.1, -0.05) is 18.9 Å². The first-order chi connectivity index (χ1) is 13.9. The summed E-state index contributed by atoms with van der Waals surface area (Å²) in [5, 5.41) is 12.8. The van der Waals surface area contributed by atoms with Gasteiger partial charge in [-0.05, 0) is 25.0 Å². The number of H-pyrrole nitrogens is 1. The number of likely N-dealkylation sites (tertiary alicyclic amines) is 1. The molecule has 1 aliphatic heterocycles. The number of pyridine rings is 1. The van der Waals surface area contributed by atoms with Crippen molar-refractivity contribution in [2.45, 2.75) is 51.0 Å². The molecular weight excluding hydrogens is 378 g/mol. The van der Waals surface area contributed by atoms with Crippen LogP contribution in [-0.4, -0.2) is 53.1 Å². The third-order valence-corrected chi connectivity index (χ3v) is 6.49. The molecule has 0 unspecified atom stereocenters. The van der Waals surface area contributed by atoms with Crippen LogP contribution in [0.3, 0.4) is 0 Å². The first kappa shape index (κ1) is 20.2. The number of nitrogens with one attached hydrogen (secondary N) is 2. The third kappa shape index (κ3) is 4.28. The molecule has 0 spiro atoms. The first-order valence-electron chi connectivity index (χ1n) is 10.4. The lowest BCUT2D eigenvalue weighted by atomic mass is 9.87. The third-order valence-electron chi connectivity index (χ3n) is 6.49. The van der Waals surface area contributed by atoms with Gasteiger partial charge in [-0.15, -0.1) is 0 Å². The van der Waals surface area contributed by atoms with E-state index < -0.39 is 5.92 Å². The fourth-order valence-electron chi connectivity index (χ4n) is 4.56. The summed E-state index contributed by atoms with van der Waals surface area (Å²) in [5.74, 6) is -1.98. The van der Waals surface area contributed by atoms with Gasteiger partial charge in [-0.2, -0.15) is 4.40 Å². The van der Waals surface area contributed by atoms with Crippen molar-refractivity contribution in [3.8, 4) is 0 Å². The number of aliphatic hydroxyl groups excluding tert-OH is 1. The lowest BCUT2D eigenvalue weighted by molar-refractivity contribution is -0.523. The number of aromatic nitrogens is 2. The summed E-state index contributed by atoms with van der Waals surface area (Å²) in [6, 6.07) is 5.63. The van der Waals surface area contributed by atoms with Crippen LogP contribution in [0.1, 0.15) is 54.8 Å². The number of fused-ring (bicyclic) bond motifs is 1. The summed E-state index contributed by atoms with van der Waals surface area (Å²) >= 11 is 0. The van der Waals surface area contributed by atoms with E-state index in [1.165, 1.54) is 0 Å². The van der Waals surface area contributed by atoms with Crippen LogP contribution in [-0.2, 0) is 6.54 Å². The minimum absolute atomic E-state index is 0.0817. The van der Waals surface area contributed by atoms with Crippen LogP contribution < -0.4 is 9.72 Å². The monoisotopic (exact) mass is 407 g/mol. The van der Waals surface area contributed by atoms with E-state index in [0.29, 0.717) is 31.9 Å². The molecule has 1 amide bonds. The van der Waals surface area contributed by atoms with Gasteiger partial charge in [-0.3, -0.25) is 9.69 Å². The van der Waals surface area contributed by atoms with Gasteiger partial charge in [0, 0.05) is 37.9 Å². The number of amides is 1. The van der Waals surface area contributed by atoms with Crippen LogP contribution in [0.2, 0.25) is 0 Å². The average molecular weight is 407 g/mol. The van der Waals surface area contributed by atoms with Crippen molar-refractivity contribution in [2.24, 2.45) is 5.41 Å². The number of piperidine rings is 1. The minimum Gasteiger partial charge on any atom is -0.396 e. The molecule has 2 aliphatic rings. The molecule has 4 rings (SSSR count). The molecule has 8 heteroatoms. The van der Waals surface area contributed by atoms with Gasteiger partial charge in [0.1, 0.15) is 6.54 Å². The summed E-state index contributed by atoms with van der Waals surface area (Å²) in [6.45, 7) is 1.69. The zero-order valence-electron chi connectivity index (χ0n) is 16.6. The summed E-state index contributed by atoms with van der Waals surface area (Å²) < 4.78 is 28.8. The number of carbonyl (C=O) groups is 1. The summed E-state index contributed by atoms with van der Waals surface area (Å²) in [7, 11) is 0. The lowest BCUT2D eigenvalue weighted by Gasteiger charge is -2.30. The second-order valence-corrected chi connectivity index (χ2v) is 8.58. The first-order valence-corrected chi connectivity index (χ1v) is 10.4. The smallest absolute Gasteiger partial charge is 0.295 e. The number of nitrogens with zero attached hydrogens (tertiary/aromatic N) is 2.